The molecule has 0 rings (SSSR count). The molecule has 0 aliphatic heterocycles. The largest absolute Gasteiger partial charge is 0.168 e. The Bertz CT molecular complexity index is 124. The van der Waals surface area contributed by atoms with Crippen LogP contribution in [0.4, 0.5) is 0 Å². The molecule has 0 aromatic heterocycles. The number of hydrogen-bond donors (Lipinski definition) is 0. The molecule has 0 saturated heterocycles. The Labute approximate surface area is 72.2 Å². The van der Waals surface area contributed by atoms with E-state index in [1.54, 1.807) is 5.20 Å². The zero-order valence-electron chi connectivity index (χ0n) is 7.37. The highest BCUT2D eigenvalue weighted by molar-refractivity contribution is 7.21. The predicted octanol–water partition coefficient (Wildman–Crippen LogP) is 2.48. The van der Waals surface area contributed by atoms with Crippen molar-refractivity contribution in [3.63, 3.8) is 0 Å². The summed E-state index contributed by atoms with van der Waals surface area (Å²) in [7, 11) is -1.22. The molecule has 0 radical (unpaired) electrons. The molecule has 0 bridgehead atoms. The van der Waals surface area contributed by atoms with Gasteiger partial charge in [0.1, 0.15) is 7.38 Å². The van der Waals surface area contributed by atoms with Crippen LogP contribution in [-0.2, 0) is 0 Å². The minimum Gasteiger partial charge on any atom is -0.168 e. The summed E-state index contributed by atoms with van der Waals surface area (Å²) in [4.78, 5) is 0. The maximum Gasteiger partial charge on any atom is 0.147 e. The van der Waals surface area contributed by atoms with E-state index in [2.05, 4.69) is 33.0 Å². The SMILES string of the molecule is CC=C(C)[SiH2]C[Si](C)(C)Cl. The average molecular weight is 193 g/mol. The maximum atomic E-state index is 6.18. The molecule has 0 unspecified atom stereocenters. The molecule has 0 aliphatic carbocycles. The van der Waals surface area contributed by atoms with Gasteiger partial charge in [0.15, 0.2) is 0 Å². The molecule has 0 amide bonds. The van der Waals surface area contributed by atoms with E-state index >= 15 is 0 Å². The Kier molecular flexibility index (Phi) is 4.57. The van der Waals surface area contributed by atoms with Crippen LogP contribution < -0.4 is 0 Å². The van der Waals surface area contributed by atoms with Crippen LogP contribution >= 0.6 is 11.1 Å². The number of rotatable bonds is 3. The zero-order valence-corrected chi connectivity index (χ0v) is 10.5. The molecule has 0 heterocycles. The predicted molar refractivity (Wildman–Crippen MR) is 56.1 cm³/mol. The van der Waals surface area contributed by atoms with E-state index in [9.17, 15) is 0 Å². The smallest absolute Gasteiger partial charge is 0.147 e. The highest BCUT2D eigenvalue weighted by atomic mass is 35.6. The van der Waals surface area contributed by atoms with Crippen molar-refractivity contribution < 1.29 is 0 Å². The second-order valence-corrected chi connectivity index (χ2v) is 13.5. The van der Waals surface area contributed by atoms with Crippen LogP contribution in [0.25, 0.3) is 0 Å². The fourth-order valence-corrected chi connectivity index (χ4v) is 5.73. The molecule has 0 fully saturated rings. The summed E-state index contributed by atoms with van der Waals surface area (Å²) in [5.74, 6) is 0. The topological polar surface area (TPSA) is 0 Å². The monoisotopic (exact) mass is 192 g/mol. The first-order valence-electron chi connectivity index (χ1n) is 3.76. The first-order valence-corrected chi connectivity index (χ1v) is 9.69. The van der Waals surface area contributed by atoms with E-state index in [0.29, 0.717) is 0 Å². The van der Waals surface area contributed by atoms with Gasteiger partial charge in [0.2, 0.25) is 0 Å². The summed E-state index contributed by atoms with van der Waals surface area (Å²) < 4.78 is 0. The normalized spacial score (nSPS) is 15.1. The van der Waals surface area contributed by atoms with Crippen LogP contribution in [0.3, 0.4) is 0 Å². The molecule has 10 heavy (non-hydrogen) atoms. The molecule has 60 valence electrons. The summed E-state index contributed by atoms with van der Waals surface area (Å²) in [6.45, 7) is 8.80. The molecule has 0 aromatic rings. The Morgan fingerprint density at radius 1 is 1.60 bits per heavy atom. The van der Waals surface area contributed by atoms with Crippen molar-refractivity contribution in [2.24, 2.45) is 0 Å². The lowest BCUT2D eigenvalue weighted by molar-refractivity contribution is 1.55. The van der Waals surface area contributed by atoms with Crippen molar-refractivity contribution in [1.29, 1.82) is 0 Å². The Morgan fingerprint density at radius 3 is 2.40 bits per heavy atom. The summed E-state index contributed by atoms with van der Waals surface area (Å²) in [6, 6.07) is 0. The lowest BCUT2D eigenvalue weighted by Crippen LogP contribution is -2.19. The fourth-order valence-electron chi connectivity index (χ4n) is 0.639. The molecule has 0 N–H and O–H groups in total. The minimum absolute atomic E-state index is 0.0224. The Balaban J connectivity index is 3.56. The number of hydrogen-bond acceptors (Lipinski definition) is 0. The molecule has 0 aliphatic rings. The van der Waals surface area contributed by atoms with E-state index < -0.39 is 7.38 Å². The van der Waals surface area contributed by atoms with Gasteiger partial charge in [-0.05, 0) is 19.5 Å². The first-order chi connectivity index (χ1) is 4.45. The van der Waals surface area contributed by atoms with Gasteiger partial charge in [0.25, 0.3) is 0 Å². The van der Waals surface area contributed by atoms with E-state index in [1.165, 1.54) is 5.67 Å². The molecule has 3 heteroatoms. The second-order valence-electron chi connectivity index (χ2n) is 3.35. The van der Waals surface area contributed by atoms with Gasteiger partial charge in [-0.1, -0.05) is 24.4 Å². The number of allylic oxidation sites excluding steroid dienone is 2. The van der Waals surface area contributed by atoms with Crippen LogP contribution in [-0.4, -0.2) is 16.9 Å². The summed E-state index contributed by atoms with van der Waals surface area (Å²) in [5, 5.41) is 1.60. The molecule has 0 spiro atoms. The highest BCUT2D eigenvalue weighted by Crippen LogP contribution is 2.13. The quantitative estimate of drug-likeness (QED) is 0.476. The van der Waals surface area contributed by atoms with Gasteiger partial charge < -0.3 is 0 Å². The summed E-state index contributed by atoms with van der Waals surface area (Å²) in [5.41, 5.74) is 1.34. The van der Waals surface area contributed by atoms with Gasteiger partial charge in [-0.25, -0.2) is 0 Å². The van der Waals surface area contributed by atoms with Gasteiger partial charge in [-0.2, -0.15) is 11.1 Å². The van der Waals surface area contributed by atoms with Crippen molar-refractivity contribution in [2.45, 2.75) is 32.6 Å². The Hall–Kier alpha value is 0.464. The lowest BCUT2D eigenvalue weighted by atomic mass is 10.6. The van der Waals surface area contributed by atoms with Crippen LogP contribution in [0, 0.1) is 0 Å². The molecule has 0 saturated carbocycles. The van der Waals surface area contributed by atoms with Crippen LogP contribution in [0.2, 0.25) is 18.8 Å². The van der Waals surface area contributed by atoms with E-state index in [-0.39, 0.29) is 9.52 Å². The van der Waals surface area contributed by atoms with Crippen molar-refractivity contribution in [1.82, 2.24) is 0 Å². The van der Waals surface area contributed by atoms with Gasteiger partial charge in [-0.15, -0.1) is 0 Å². The summed E-state index contributed by atoms with van der Waals surface area (Å²) in [6.07, 6.45) is 2.23. The van der Waals surface area contributed by atoms with Crippen molar-refractivity contribution >= 4 is 28.0 Å². The van der Waals surface area contributed by atoms with Crippen molar-refractivity contribution in [3.05, 3.63) is 11.3 Å². The Morgan fingerprint density at radius 2 is 2.10 bits per heavy atom. The lowest BCUT2D eigenvalue weighted by Gasteiger charge is -2.11. The van der Waals surface area contributed by atoms with Gasteiger partial charge >= 0.3 is 0 Å². The van der Waals surface area contributed by atoms with Crippen molar-refractivity contribution in [2.75, 3.05) is 0 Å². The molecular formula is C7H17ClSi2. The van der Waals surface area contributed by atoms with E-state index in [4.69, 9.17) is 11.1 Å². The van der Waals surface area contributed by atoms with E-state index in [0.717, 1.165) is 0 Å². The van der Waals surface area contributed by atoms with Crippen LogP contribution in [0.5, 0.6) is 0 Å². The second kappa shape index (κ2) is 4.36. The molecular weight excluding hydrogens is 176 g/mol. The zero-order chi connectivity index (χ0) is 8.20. The van der Waals surface area contributed by atoms with Crippen molar-refractivity contribution in [3.8, 4) is 0 Å². The standard InChI is InChI=1S/C7H17ClSi2/c1-5-7(2)9-6-10(3,4)8/h5H,6,9H2,1-4H3. The highest BCUT2D eigenvalue weighted by Gasteiger charge is 2.15. The molecule has 0 aromatic carbocycles. The average Bonchev–Trinajstić information content (AvgIpc) is 1.81. The van der Waals surface area contributed by atoms with Gasteiger partial charge in [-0.3, -0.25) is 0 Å². The summed E-state index contributed by atoms with van der Waals surface area (Å²) >= 11 is 6.18. The molecule has 0 atom stereocenters. The van der Waals surface area contributed by atoms with Gasteiger partial charge in [0.05, 0.1) is 0 Å². The van der Waals surface area contributed by atoms with Gasteiger partial charge in [0, 0.05) is 9.52 Å². The van der Waals surface area contributed by atoms with Crippen LogP contribution in [0.1, 0.15) is 13.8 Å². The number of halogens is 1. The molecule has 0 nitrogen and oxygen atoms in total. The fraction of sp³-hybridized carbons (Fsp3) is 0.714. The third-order valence-corrected chi connectivity index (χ3v) is 10.3. The third-order valence-electron chi connectivity index (χ3n) is 1.61. The first kappa shape index (κ1) is 10.5. The minimum atomic E-state index is -1.24. The van der Waals surface area contributed by atoms with Crippen LogP contribution in [0.15, 0.2) is 11.3 Å². The maximum absolute atomic E-state index is 6.18. The third kappa shape index (κ3) is 6.58. The van der Waals surface area contributed by atoms with E-state index in [1.807, 2.05) is 0 Å².